The summed E-state index contributed by atoms with van der Waals surface area (Å²) >= 11 is 3.30. The Balaban J connectivity index is 1.55. The van der Waals surface area contributed by atoms with Crippen molar-refractivity contribution in [3.63, 3.8) is 0 Å². The molecule has 0 aliphatic heterocycles. The van der Waals surface area contributed by atoms with Crippen LogP contribution in [-0.4, -0.2) is 18.4 Å². The zero-order valence-corrected chi connectivity index (χ0v) is 15.9. The van der Waals surface area contributed by atoms with Gasteiger partial charge in [-0.3, -0.25) is 20.4 Å². The molecule has 3 rings (SSSR count). The van der Waals surface area contributed by atoms with Crippen molar-refractivity contribution in [2.75, 3.05) is 6.61 Å². The van der Waals surface area contributed by atoms with E-state index in [0.717, 1.165) is 15.6 Å². The summed E-state index contributed by atoms with van der Waals surface area (Å²) in [6, 6.07) is 24.1. The lowest BCUT2D eigenvalue weighted by Crippen LogP contribution is -2.43. The first kappa shape index (κ1) is 18.7. The Morgan fingerprint density at radius 3 is 2.22 bits per heavy atom. The van der Waals surface area contributed by atoms with Gasteiger partial charge in [0.05, 0.1) is 0 Å². The summed E-state index contributed by atoms with van der Waals surface area (Å²) in [5.74, 6) is -0.262. The summed E-state index contributed by atoms with van der Waals surface area (Å²) in [6.07, 6.45) is 0. The second-order valence-corrected chi connectivity index (χ2v) is 6.58. The third-order valence-corrected chi connectivity index (χ3v) is 4.28. The summed E-state index contributed by atoms with van der Waals surface area (Å²) in [5, 5.41) is 0. The highest BCUT2D eigenvalue weighted by Gasteiger charge is 2.10. The lowest BCUT2D eigenvalue weighted by Gasteiger charge is -2.12. The van der Waals surface area contributed by atoms with Gasteiger partial charge in [0, 0.05) is 15.6 Å². The smallest absolute Gasteiger partial charge is 0.276 e. The highest BCUT2D eigenvalue weighted by Crippen LogP contribution is 2.29. The fourth-order valence-electron chi connectivity index (χ4n) is 2.43. The van der Waals surface area contributed by atoms with Gasteiger partial charge in [0.2, 0.25) is 0 Å². The first-order valence-corrected chi connectivity index (χ1v) is 9.05. The predicted octanol–water partition coefficient (Wildman–Crippen LogP) is 3.96. The third kappa shape index (κ3) is 5.18. The van der Waals surface area contributed by atoms with Gasteiger partial charge in [-0.2, -0.15) is 0 Å². The molecule has 0 fully saturated rings. The molecule has 0 spiro atoms. The van der Waals surface area contributed by atoms with Crippen molar-refractivity contribution in [1.29, 1.82) is 0 Å². The number of ether oxygens (including phenoxy) is 1. The van der Waals surface area contributed by atoms with Crippen LogP contribution in [-0.2, 0) is 4.79 Å². The second kappa shape index (κ2) is 9.00. The van der Waals surface area contributed by atoms with E-state index >= 15 is 0 Å². The average molecular weight is 425 g/mol. The first-order chi connectivity index (χ1) is 13.1. The first-order valence-electron chi connectivity index (χ1n) is 8.25. The molecular weight excluding hydrogens is 408 g/mol. The SMILES string of the molecule is O=C(COc1ccccc1-c1ccccc1)NNC(=O)c1ccc(Br)cc1. The summed E-state index contributed by atoms with van der Waals surface area (Å²) in [4.78, 5) is 24.0. The van der Waals surface area contributed by atoms with Crippen LogP contribution in [0.2, 0.25) is 0 Å². The fourth-order valence-corrected chi connectivity index (χ4v) is 2.69. The zero-order valence-electron chi connectivity index (χ0n) is 14.3. The summed E-state index contributed by atoms with van der Waals surface area (Å²) in [5.41, 5.74) is 7.05. The van der Waals surface area contributed by atoms with Crippen molar-refractivity contribution in [2.45, 2.75) is 0 Å². The molecule has 0 saturated heterocycles. The summed E-state index contributed by atoms with van der Waals surface area (Å²) in [7, 11) is 0. The number of halogens is 1. The van der Waals surface area contributed by atoms with Crippen LogP contribution in [0.1, 0.15) is 10.4 Å². The Kier molecular flexibility index (Phi) is 6.22. The summed E-state index contributed by atoms with van der Waals surface area (Å²) < 4.78 is 6.51. The van der Waals surface area contributed by atoms with Gasteiger partial charge in [-0.05, 0) is 35.9 Å². The fraction of sp³-hybridized carbons (Fsp3) is 0.0476. The van der Waals surface area contributed by atoms with Crippen molar-refractivity contribution < 1.29 is 14.3 Å². The second-order valence-electron chi connectivity index (χ2n) is 5.66. The Hall–Kier alpha value is -3.12. The largest absolute Gasteiger partial charge is 0.483 e. The molecule has 2 N–H and O–H groups in total. The lowest BCUT2D eigenvalue weighted by molar-refractivity contribution is -0.123. The molecule has 0 saturated carbocycles. The van der Waals surface area contributed by atoms with Gasteiger partial charge in [-0.25, -0.2) is 0 Å². The number of hydrazine groups is 1. The van der Waals surface area contributed by atoms with Crippen molar-refractivity contribution in [1.82, 2.24) is 10.9 Å². The van der Waals surface area contributed by atoms with Crippen LogP contribution in [0.15, 0.2) is 83.3 Å². The van der Waals surface area contributed by atoms with Gasteiger partial charge in [0.25, 0.3) is 11.8 Å². The number of hydrogen-bond acceptors (Lipinski definition) is 3. The molecule has 0 heterocycles. The number of nitrogens with one attached hydrogen (secondary N) is 2. The molecule has 136 valence electrons. The van der Waals surface area contributed by atoms with Crippen LogP contribution in [0.5, 0.6) is 5.75 Å². The number of hydrogen-bond donors (Lipinski definition) is 2. The number of rotatable bonds is 5. The standard InChI is InChI=1S/C21H17BrN2O3/c22-17-12-10-16(11-13-17)21(26)24-23-20(25)14-27-19-9-5-4-8-18(19)15-6-2-1-3-7-15/h1-13H,14H2,(H,23,25)(H,24,26). The van der Waals surface area contributed by atoms with Crippen LogP contribution in [0.4, 0.5) is 0 Å². The van der Waals surface area contributed by atoms with E-state index < -0.39 is 11.8 Å². The predicted molar refractivity (Wildman–Crippen MR) is 107 cm³/mol. The number of carbonyl (C=O) groups is 2. The van der Waals surface area contributed by atoms with Gasteiger partial charge in [-0.15, -0.1) is 0 Å². The molecule has 0 aromatic heterocycles. The molecule has 6 heteroatoms. The van der Waals surface area contributed by atoms with Crippen molar-refractivity contribution in [3.8, 4) is 16.9 Å². The molecule has 5 nitrogen and oxygen atoms in total. The van der Waals surface area contributed by atoms with Crippen LogP contribution in [0.3, 0.4) is 0 Å². The maximum Gasteiger partial charge on any atom is 0.276 e. The number of carbonyl (C=O) groups excluding carboxylic acids is 2. The molecule has 2 amide bonds. The van der Waals surface area contributed by atoms with E-state index in [1.807, 2.05) is 48.5 Å². The van der Waals surface area contributed by atoms with Gasteiger partial charge < -0.3 is 4.74 Å². The van der Waals surface area contributed by atoms with E-state index in [2.05, 4.69) is 26.8 Å². The van der Waals surface area contributed by atoms with E-state index in [4.69, 9.17) is 4.74 Å². The number of amides is 2. The van der Waals surface area contributed by atoms with Crippen molar-refractivity contribution in [3.05, 3.63) is 88.9 Å². The molecule has 27 heavy (non-hydrogen) atoms. The molecule has 0 radical (unpaired) electrons. The lowest BCUT2D eigenvalue weighted by atomic mass is 10.1. The van der Waals surface area contributed by atoms with E-state index in [1.54, 1.807) is 30.3 Å². The molecule has 3 aromatic rings. The normalized spacial score (nSPS) is 10.1. The Bertz CT molecular complexity index is 928. The van der Waals surface area contributed by atoms with Gasteiger partial charge in [0.15, 0.2) is 6.61 Å². The topological polar surface area (TPSA) is 67.4 Å². The Morgan fingerprint density at radius 2 is 1.48 bits per heavy atom. The van der Waals surface area contributed by atoms with E-state index in [9.17, 15) is 9.59 Å². The van der Waals surface area contributed by atoms with Crippen molar-refractivity contribution >= 4 is 27.7 Å². The Labute approximate surface area is 165 Å². The molecule has 0 bridgehead atoms. The van der Waals surface area contributed by atoms with E-state index in [-0.39, 0.29) is 6.61 Å². The number of benzene rings is 3. The maximum absolute atomic E-state index is 12.0. The van der Waals surface area contributed by atoms with E-state index in [0.29, 0.717) is 11.3 Å². The number of para-hydroxylation sites is 1. The molecule has 3 aromatic carbocycles. The van der Waals surface area contributed by atoms with E-state index in [1.165, 1.54) is 0 Å². The van der Waals surface area contributed by atoms with Gasteiger partial charge in [0.1, 0.15) is 5.75 Å². The molecule has 0 unspecified atom stereocenters. The zero-order chi connectivity index (χ0) is 19.1. The molecule has 0 aliphatic carbocycles. The van der Waals surface area contributed by atoms with Crippen LogP contribution >= 0.6 is 15.9 Å². The minimum atomic E-state index is -0.455. The minimum absolute atomic E-state index is 0.218. The maximum atomic E-state index is 12.0. The average Bonchev–Trinajstić information content (AvgIpc) is 2.72. The minimum Gasteiger partial charge on any atom is -0.483 e. The quantitative estimate of drug-likeness (QED) is 0.609. The summed E-state index contributed by atoms with van der Waals surface area (Å²) in [6.45, 7) is -0.218. The van der Waals surface area contributed by atoms with Gasteiger partial charge in [-0.1, -0.05) is 64.5 Å². The van der Waals surface area contributed by atoms with Crippen LogP contribution < -0.4 is 15.6 Å². The van der Waals surface area contributed by atoms with Gasteiger partial charge >= 0.3 is 0 Å². The highest BCUT2D eigenvalue weighted by atomic mass is 79.9. The molecule has 0 atom stereocenters. The Morgan fingerprint density at radius 1 is 0.815 bits per heavy atom. The van der Waals surface area contributed by atoms with Crippen LogP contribution in [0.25, 0.3) is 11.1 Å². The third-order valence-electron chi connectivity index (χ3n) is 3.75. The molecule has 0 aliphatic rings. The van der Waals surface area contributed by atoms with Crippen LogP contribution in [0, 0.1) is 0 Å². The molecular formula is C21H17BrN2O3. The monoisotopic (exact) mass is 424 g/mol. The van der Waals surface area contributed by atoms with Crippen molar-refractivity contribution in [2.24, 2.45) is 0 Å². The highest BCUT2D eigenvalue weighted by molar-refractivity contribution is 9.10.